The van der Waals surface area contributed by atoms with Crippen LogP contribution in [0.15, 0.2) is 59.2 Å². The summed E-state index contributed by atoms with van der Waals surface area (Å²) in [5.74, 6) is -0.664. The summed E-state index contributed by atoms with van der Waals surface area (Å²) in [5.41, 5.74) is 6.80. The Morgan fingerprint density at radius 3 is 2.54 bits per heavy atom. The smallest absolute Gasteiger partial charge is 0.420 e. The van der Waals surface area contributed by atoms with Crippen LogP contribution in [-0.4, -0.2) is 12.6 Å². The quantitative estimate of drug-likeness (QED) is 0.209. The highest BCUT2D eigenvalue weighted by molar-refractivity contribution is 5.95. The predicted molar refractivity (Wildman–Crippen MR) is 130 cm³/mol. The molecule has 4 rings (SSSR count). The summed E-state index contributed by atoms with van der Waals surface area (Å²) >= 11 is 0. The molecule has 0 amide bonds. The number of hydrogen-bond acceptors (Lipinski definition) is 5. The summed E-state index contributed by atoms with van der Waals surface area (Å²) < 4.78 is 72.6. The lowest BCUT2D eigenvalue weighted by molar-refractivity contribution is -0.142. The second-order valence-electron chi connectivity index (χ2n) is 8.53. The van der Waals surface area contributed by atoms with E-state index < -0.39 is 23.5 Å². The molecule has 0 atom stereocenters. The van der Waals surface area contributed by atoms with Crippen molar-refractivity contribution in [3.63, 3.8) is 0 Å². The van der Waals surface area contributed by atoms with Gasteiger partial charge in [-0.25, -0.2) is 4.39 Å². The Hall–Kier alpha value is -3.85. The summed E-state index contributed by atoms with van der Waals surface area (Å²) in [4.78, 5) is 12.0. The van der Waals surface area contributed by atoms with Gasteiger partial charge in [-0.15, -0.1) is 0 Å². The number of nitrogens with two attached hydrogens (primary N) is 1. The van der Waals surface area contributed by atoms with Gasteiger partial charge in [-0.1, -0.05) is 30.3 Å². The zero-order valence-corrected chi connectivity index (χ0v) is 20.2. The third kappa shape index (κ3) is 5.61. The number of hydrogen-bond donors (Lipinski definition) is 1. The molecular weight excluding hydrogens is 490 g/mol. The number of aryl methyl sites for hydroxylation is 1. The number of benzene rings is 3. The maximum atomic E-state index is 15.2. The summed E-state index contributed by atoms with van der Waals surface area (Å²) in [7, 11) is 0. The summed E-state index contributed by atoms with van der Waals surface area (Å²) in [6, 6.07) is 12.7. The zero-order chi connectivity index (χ0) is 26.7. The molecule has 0 saturated carbocycles. The standard InChI is InChI=1S/C28H25F4NO4/c1-3-35-25(34)12-18-8-7-16(2)9-24(18)36-14-17-10-21(20-6-4-5-19(13-33)26(20)29)27-22(11-17)23(15-37-27)28(30,31)32/h4-11,15H,3,12-14,33H2,1-2H3. The van der Waals surface area contributed by atoms with Crippen LogP contribution in [0.25, 0.3) is 22.1 Å². The van der Waals surface area contributed by atoms with Crippen LogP contribution in [0.2, 0.25) is 0 Å². The normalized spacial score (nSPS) is 11.6. The highest BCUT2D eigenvalue weighted by atomic mass is 19.4. The van der Waals surface area contributed by atoms with Crippen molar-refractivity contribution in [3.05, 3.63) is 88.4 Å². The minimum Gasteiger partial charge on any atom is -0.489 e. The van der Waals surface area contributed by atoms with Crippen molar-refractivity contribution in [1.82, 2.24) is 0 Å². The molecule has 194 valence electrons. The van der Waals surface area contributed by atoms with E-state index in [1.54, 1.807) is 25.1 Å². The second-order valence-corrected chi connectivity index (χ2v) is 8.53. The Morgan fingerprint density at radius 2 is 1.84 bits per heavy atom. The van der Waals surface area contributed by atoms with Crippen molar-refractivity contribution in [2.24, 2.45) is 5.73 Å². The van der Waals surface area contributed by atoms with Gasteiger partial charge >= 0.3 is 12.1 Å². The first-order valence-electron chi connectivity index (χ1n) is 11.6. The van der Waals surface area contributed by atoms with Crippen LogP contribution < -0.4 is 10.5 Å². The SMILES string of the molecule is CCOC(=O)Cc1ccc(C)cc1OCc1cc(-c2cccc(CN)c2F)c2occ(C(F)(F)F)c2c1. The van der Waals surface area contributed by atoms with Crippen LogP contribution >= 0.6 is 0 Å². The molecule has 3 aromatic carbocycles. The van der Waals surface area contributed by atoms with Crippen LogP contribution in [-0.2, 0) is 35.3 Å². The predicted octanol–water partition coefficient (Wildman–Crippen LogP) is 6.71. The van der Waals surface area contributed by atoms with Crippen molar-refractivity contribution in [3.8, 4) is 16.9 Å². The number of alkyl halides is 3. The Labute approximate surface area is 210 Å². The number of carbonyl (C=O) groups excluding carboxylic acids is 1. The van der Waals surface area contributed by atoms with Crippen molar-refractivity contribution >= 4 is 16.9 Å². The van der Waals surface area contributed by atoms with Crippen LogP contribution in [0.5, 0.6) is 5.75 Å². The molecule has 0 radical (unpaired) electrons. The van der Waals surface area contributed by atoms with Crippen molar-refractivity contribution < 1.29 is 36.2 Å². The first kappa shape index (κ1) is 26.2. The van der Waals surface area contributed by atoms with Gasteiger partial charge in [0.15, 0.2) is 0 Å². The third-order valence-corrected chi connectivity index (χ3v) is 5.88. The molecule has 0 unspecified atom stereocenters. The fourth-order valence-electron chi connectivity index (χ4n) is 4.12. The average molecular weight is 516 g/mol. The Kier molecular flexibility index (Phi) is 7.54. The molecule has 37 heavy (non-hydrogen) atoms. The van der Waals surface area contributed by atoms with Crippen LogP contribution in [0, 0.1) is 12.7 Å². The van der Waals surface area contributed by atoms with Crippen LogP contribution in [0.3, 0.4) is 0 Å². The number of carbonyl (C=O) groups is 1. The lowest BCUT2D eigenvalue weighted by Crippen LogP contribution is -2.09. The Morgan fingerprint density at radius 1 is 1.05 bits per heavy atom. The zero-order valence-electron chi connectivity index (χ0n) is 20.2. The van der Waals surface area contributed by atoms with Gasteiger partial charge in [0, 0.05) is 34.2 Å². The molecule has 2 N–H and O–H groups in total. The fraction of sp³-hybridized carbons (Fsp3) is 0.250. The number of rotatable bonds is 8. The topological polar surface area (TPSA) is 74.7 Å². The van der Waals surface area contributed by atoms with Crippen molar-refractivity contribution in [2.45, 2.75) is 39.6 Å². The Balaban J connectivity index is 1.78. The fourth-order valence-corrected chi connectivity index (χ4v) is 4.12. The largest absolute Gasteiger partial charge is 0.489 e. The van der Waals surface area contributed by atoms with Gasteiger partial charge in [-0.3, -0.25) is 4.79 Å². The van der Waals surface area contributed by atoms with E-state index in [0.717, 1.165) is 5.56 Å². The number of furan rings is 1. The highest BCUT2D eigenvalue weighted by Crippen LogP contribution is 2.41. The minimum absolute atomic E-state index is 0.0230. The van der Waals surface area contributed by atoms with Gasteiger partial charge < -0.3 is 19.6 Å². The number of ether oxygens (including phenoxy) is 2. The van der Waals surface area contributed by atoms with Crippen molar-refractivity contribution in [2.75, 3.05) is 6.61 Å². The van der Waals surface area contributed by atoms with E-state index in [1.807, 2.05) is 13.0 Å². The molecular formula is C28H25F4NO4. The van der Waals surface area contributed by atoms with Crippen molar-refractivity contribution in [1.29, 1.82) is 0 Å². The third-order valence-electron chi connectivity index (χ3n) is 5.88. The first-order chi connectivity index (χ1) is 17.6. The Bertz CT molecular complexity index is 1440. The average Bonchev–Trinajstić information content (AvgIpc) is 3.29. The lowest BCUT2D eigenvalue weighted by atomic mass is 9.97. The molecule has 4 aromatic rings. The van der Waals surface area contributed by atoms with E-state index >= 15 is 4.39 Å². The molecule has 1 heterocycles. The molecule has 0 aliphatic heterocycles. The molecule has 0 spiro atoms. The lowest BCUT2D eigenvalue weighted by Gasteiger charge is -2.14. The number of esters is 1. The monoisotopic (exact) mass is 515 g/mol. The second kappa shape index (κ2) is 10.6. The highest BCUT2D eigenvalue weighted by Gasteiger charge is 2.35. The van der Waals surface area contributed by atoms with Gasteiger partial charge in [0.1, 0.15) is 35.6 Å². The van der Waals surface area contributed by atoms with E-state index in [-0.39, 0.29) is 53.8 Å². The van der Waals surface area contributed by atoms with E-state index in [2.05, 4.69) is 0 Å². The van der Waals surface area contributed by atoms with Crippen LogP contribution in [0.1, 0.15) is 34.7 Å². The van der Waals surface area contributed by atoms with E-state index in [4.69, 9.17) is 19.6 Å². The van der Waals surface area contributed by atoms with Gasteiger partial charge in [0.05, 0.1) is 13.0 Å². The van der Waals surface area contributed by atoms with Gasteiger partial charge in [-0.05, 0) is 43.2 Å². The molecule has 0 aliphatic carbocycles. The molecule has 5 nitrogen and oxygen atoms in total. The van der Waals surface area contributed by atoms with E-state index in [9.17, 15) is 18.0 Å². The minimum atomic E-state index is -4.68. The van der Waals surface area contributed by atoms with Gasteiger partial charge in [-0.2, -0.15) is 13.2 Å². The summed E-state index contributed by atoms with van der Waals surface area (Å²) in [6.45, 7) is 3.57. The maximum absolute atomic E-state index is 15.2. The molecule has 9 heteroatoms. The first-order valence-corrected chi connectivity index (χ1v) is 11.6. The maximum Gasteiger partial charge on any atom is 0.420 e. The molecule has 0 fully saturated rings. The molecule has 1 aromatic heterocycles. The number of halogens is 4. The number of fused-ring (bicyclic) bond motifs is 1. The molecule has 0 saturated heterocycles. The van der Waals surface area contributed by atoms with Gasteiger partial charge in [0.25, 0.3) is 0 Å². The van der Waals surface area contributed by atoms with E-state index in [0.29, 0.717) is 23.1 Å². The summed E-state index contributed by atoms with van der Waals surface area (Å²) in [5, 5.41) is -0.211. The van der Waals surface area contributed by atoms with Crippen LogP contribution in [0.4, 0.5) is 17.6 Å². The molecule has 0 aliphatic rings. The van der Waals surface area contributed by atoms with E-state index in [1.165, 1.54) is 24.3 Å². The summed E-state index contributed by atoms with van der Waals surface area (Å²) in [6.07, 6.45) is -4.07. The molecule has 0 bridgehead atoms. The van der Waals surface area contributed by atoms with Gasteiger partial charge in [0.2, 0.25) is 0 Å².